The minimum atomic E-state index is 0.253. The molecule has 0 unspecified atom stereocenters. The summed E-state index contributed by atoms with van der Waals surface area (Å²) >= 11 is 0. The zero-order valence-corrected chi connectivity index (χ0v) is 11.4. The summed E-state index contributed by atoms with van der Waals surface area (Å²) in [4.78, 5) is 2.42. The maximum Gasteiger partial charge on any atom is 0.320 e. The van der Waals surface area contributed by atoms with Crippen LogP contribution < -0.4 is 16.0 Å². The quantitative estimate of drug-likeness (QED) is 0.889. The lowest BCUT2D eigenvalue weighted by Crippen LogP contribution is -2.29. The Kier molecular flexibility index (Phi) is 3.83. The van der Waals surface area contributed by atoms with Crippen molar-refractivity contribution in [2.45, 2.75) is 25.8 Å². The van der Waals surface area contributed by atoms with Gasteiger partial charge in [-0.15, -0.1) is 5.10 Å². The van der Waals surface area contributed by atoms with Crippen LogP contribution in [-0.2, 0) is 6.54 Å². The third-order valence-corrected chi connectivity index (χ3v) is 3.48. The van der Waals surface area contributed by atoms with Crippen molar-refractivity contribution in [1.29, 1.82) is 0 Å². The van der Waals surface area contributed by atoms with Crippen LogP contribution in [0, 0.1) is 0 Å². The van der Waals surface area contributed by atoms with Gasteiger partial charge in [-0.25, -0.2) is 0 Å². The number of anilines is 3. The summed E-state index contributed by atoms with van der Waals surface area (Å²) in [7, 11) is 0. The normalized spacial score (nSPS) is 15.3. The highest BCUT2D eigenvalue weighted by molar-refractivity contribution is 5.58. The third-order valence-electron chi connectivity index (χ3n) is 3.48. The zero-order chi connectivity index (χ0) is 13.8. The molecule has 1 aromatic heterocycles. The molecule has 1 saturated heterocycles. The van der Waals surface area contributed by atoms with Gasteiger partial charge in [-0.2, -0.15) is 0 Å². The largest absolute Gasteiger partial charge is 0.406 e. The first kappa shape index (κ1) is 12.9. The molecular formula is C14H19N5O. The molecule has 0 radical (unpaired) electrons. The van der Waals surface area contributed by atoms with Crippen LogP contribution in [0.1, 0.15) is 25.2 Å². The van der Waals surface area contributed by atoms with Gasteiger partial charge >= 0.3 is 6.01 Å². The highest BCUT2D eigenvalue weighted by atomic mass is 16.4. The minimum Gasteiger partial charge on any atom is -0.406 e. The summed E-state index contributed by atoms with van der Waals surface area (Å²) in [6, 6.07) is 8.66. The summed E-state index contributed by atoms with van der Waals surface area (Å²) in [5.74, 6) is 0.428. The lowest BCUT2D eigenvalue weighted by atomic mass is 10.1. The molecule has 6 nitrogen and oxygen atoms in total. The Bertz CT molecular complexity index is 545. The fourth-order valence-electron chi connectivity index (χ4n) is 2.42. The number of piperidine rings is 1. The molecule has 0 bridgehead atoms. The number of benzene rings is 1. The molecule has 1 fully saturated rings. The maximum atomic E-state index is 5.43. The Morgan fingerprint density at radius 3 is 2.50 bits per heavy atom. The van der Waals surface area contributed by atoms with E-state index in [2.05, 4.69) is 32.5 Å². The Labute approximate surface area is 118 Å². The van der Waals surface area contributed by atoms with Gasteiger partial charge in [0.2, 0.25) is 5.89 Å². The molecule has 1 aliphatic rings. The highest BCUT2D eigenvalue weighted by Crippen LogP contribution is 2.23. The van der Waals surface area contributed by atoms with Gasteiger partial charge in [-0.1, -0.05) is 5.10 Å². The average Bonchev–Trinajstić information content (AvgIpc) is 2.97. The van der Waals surface area contributed by atoms with Gasteiger partial charge < -0.3 is 20.4 Å². The number of aromatic nitrogens is 2. The summed E-state index contributed by atoms with van der Waals surface area (Å²) in [5, 5.41) is 10.8. The predicted molar refractivity (Wildman–Crippen MR) is 78.0 cm³/mol. The molecular weight excluding hydrogens is 254 g/mol. The molecule has 2 aromatic rings. The molecule has 1 aliphatic heterocycles. The summed E-state index contributed by atoms with van der Waals surface area (Å²) in [5.41, 5.74) is 7.63. The van der Waals surface area contributed by atoms with Crippen molar-refractivity contribution in [3.8, 4) is 0 Å². The molecule has 0 spiro atoms. The second-order valence-corrected chi connectivity index (χ2v) is 4.92. The van der Waals surface area contributed by atoms with Crippen molar-refractivity contribution in [3.05, 3.63) is 30.2 Å². The first-order valence-electron chi connectivity index (χ1n) is 6.99. The van der Waals surface area contributed by atoms with Crippen molar-refractivity contribution >= 4 is 17.4 Å². The Morgan fingerprint density at radius 2 is 1.85 bits per heavy atom. The summed E-state index contributed by atoms with van der Waals surface area (Å²) in [6.45, 7) is 2.55. The van der Waals surface area contributed by atoms with E-state index in [-0.39, 0.29) is 6.54 Å². The molecule has 106 valence electrons. The maximum absolute atomic E-state index is 5.43. The fourth-order valence-corrected chi connectivity index (χ4v) is 2.42. The third kappa shape index (κ3) is 2.91. The van der Waals surface area contributed by atoms with E-state index in [1.165, 1.54) is 24.9 Å². The number of hydrogen-bond donors (Lipinski definition) is 2. The monoisotopic (exact) mass is 273 g/mol. The highest BCUT2D eigenvalue weighted by Gasteiger charge is 2.11. The van der Waals surface area contributed by atoms with E-state index < -0.39 is 0 Å². The molecule has 1 aromatic carbocycles. The van der Waals surface area contributed by atoms with E-state index in [1.807, 2.05) is 12.1 Å². The number of nitrogens with two attached hydrogens (primary N) is 1. The Balaban J connectivity index is 1.66. The topological polar surface area (TPSA) is 80.2 Å². The van der Waals surface area contributed by atoms with Crippen LogP contribution in [0.25, 0.3) is 0 Å². The molecule has 0 aliphatic carbocycles. The van der Waals surface area contributed by atoms with Crippen molar-refractivity contribution in [3.63, 3.8) is 0 Å². The van der Waals surface area contributed by atoms with E-state index in [4.69, 9.17) is 10.2 Å². The van der Waals surface area contributed by atoms with Crippen LogP contribution in [0.4, 0.5) is 17.4 Å². The molecule has 0 amide bonds. The summed E-state index contributed by atoms with van der Waals surface area (Å²) in [6.07, 6.45) is 3.91. The van der Waals surface area contributed by atoms with Crippen LogP contribution in [0.5, 0.6) is 0 Å². The smallest absolute Gasteiger partial charge is 0.320 e. The van der Waals surface area contributed by atoms with E-state index >= 15 is 0 Å². The van der Waals surface area contributed by atoms with E-state index in [0.29, 0.717) is 11.9 Å². The molecule has 6 heteroatoms. The second-order valence-electron chi connectivity index (χ2n) is 4.92. The van der Waals surface area contributed by atoms with Crippen molar-refractivity contribution in [2.75, 3.05) is 23.3 Å². The SMILES string of the molecule is NCc1nnc(Nc2ccc(N3CCCCC3)cc2)o1. The first-order chi connectivity index (χ1) is 9.85. The Morgan fingerprint density at radius 1 is 1.10 bits per heavy atom. The van der Waals surface area contributed by atoms with Crippen LogP contribution >= 0.6 is 0 Å². The van der Waals surface area contributed by atoms with Crippen molar-refractivity contribution < 1.29 is 4.42 Å². The lowest BCUT2D eigenvalue weighted by molar-refractivity contribution is 0.511. The van der Waals surface area contributed by atoms with Crippen molar-refractivity contribution in [2.24, 2.45) is 5.73 Å². The standard InChI is InChI=1S/C14H19N5O/c15-10-13-17-18-14(20-13)16-11-4-6-12(7-5-11)19-8-2-1-3-9-19/h4-7H,1-3,8-10,15H2,(H,16,18). The van der Waals surface area contributed by atoms with Gasteiger partial charge in [0, 0.05) is 24.5 Å². The average molecular weight is 273 g/mol. The molecule has 20 heavy (non-hydrogen) atoms. The van der Waals surface area contributed by atoms with E-state index in [0.717, 1.165) is 18.8 Å². The zero-order valence-electron chi connectivity index (χ0n) is 11.4. The van der Waals surface area contributed by atoms with Crippen molar-refractivity contribution in [1.82, 2.24) is 10.2 Å². The molecule has 0 atom stereocenters. The van der Waals surface area contributed by atoms with E-state index in [9.17, 15) is 0 Å². The predicted octanol–water partition coefficient (Wildman–Crippen LogP) is 2.26. The van der Waals surface area contributed by atoms with Gasteiger partial charge in [0.25, 0.3) is 0 Å². The van der Waals surface area contributed by atoms with Gasteiger partial charge in [0.1, 0.15) is 0 Å². The molecule has 3 N–H and O–H groups in total. The van der Waals surface area contributed by atoms with Gasteiger partial charge in [-0.3, -0.25) is 0 Å². The van der Waals surface area contributed by atoms with Crippen LogP contribution in [0.2, 0.25) is 0 Å². The van der Waals surface area contributed by atoms with Gasteiger partial charge in [0.05, 0.1) is 6.54 Å². The molecule has 2 heterocycles. The molecule has 0 saturated carbocycles. The number of hydrogen-bond acceptors (Lipinski definition) is 6. The van der Waals surface area contributed by atoms with Gasteiger partial charge in [0.15, 0.2) is 0 Å². The number of nitrogens with one attached hydrogen (secondary N) is 1. The number of nitrogens with zero attached hydrogens (tertiary/aromatic N) is 3. The Hall–Kier alpha value is -2.08. The fraction of sp³-hybridized carbons (Fsp3) is 0.429. The van der Waals surface area contributed by atoms with Crippen LogP contribution in [0.15, 0.2) is 28.7 Å². The first-order valence-corrected chi connectivity index (χ1v) is 6.99. The minimum absolute atomic E-state index is 0.253. The van der Waals surface area contributed by atoms with E-state index in [1.54, 1.807) is 0 Å². The molecule has 3 rings (SSSR count). The van der Waals surface area contributed by atoms with Crippen LogP contribution in [0.3, 0.4) is 0 Å². The van der Waals surface area contributed by atoms with Crippen LogP contribution in [-0.4, -0.2) is 23.3 Å². The lowest BCUT2D eigenvalue weighted by Gasteiger charge is -2.28. The van der Waals surface area contributed by atoms with Gasteiger partial charge in [-0.05, 0) is 43.5 Å². The number of rotatable bonds is 4. The summed E-state index contributed by atoms with van der Waals surface area (Å²) < 4.78 is 5.31. The second kappa shape index (κ2) is 5.92.